The lowest BCUT2D eigenvalue weighted by atomic mass is 10.0. The fourth-order valence-electron chi connectivity index (χ4n) is 3.07. The van der Waals surface area contributed by atoms with Gasteiger partial charge in [-0.15, -0.1) is 0 Å². The summed E-state index contributed by atoms with van der Waals surface area (Å²) in [4.78, 5) is 26.3. The molecule has 1 aliphatic rings. The van der Waals surface area contributed by atoms with E-state index in [1.807, 2.05) is 12.1 Å². The largest absolute Gasteiger partial charge is 0.353 e. The van der Waals surface area contributed by atoms with E-state index in [9.17, 15) is 14.0 Å². The van der Waals surface area contributed by atoms with Gasteiger partial charge in [-0.2, -0.15) is 0 Å². The number of hydrogen-bond donors (Lipinski definition) is 1. The zero-order chi connectivity index (χ0) is 18.5. The third kappa shape index (κ3) is 4.82. The molecule has 0 atom stereocenters. The number of rotatable bonds is 4. The SMILES string of the molecule is O=C(Cc1ccc(Cl)cc1)NC1CCN(C(=O)c2ccc(F)cc2)CC1. The fourth-order valence-corrected chi connectivity index (χ4v) is 3.19. The third-order valence-corrected chi connectivity index (χ3v) is 4.77. The average molecular weight is 375 g/mol. The molecule has 26 heavy (non-hydrogen) atoms. The molecule has 0 saturated carbocycles. The summed E-state index contributed by atoms with van der Waals surface area (Å²) in [7, 11) is 0. The molecule has 1 N–H and O–H groups in total. The van der Waals surface area contributed by atoms with Crippen LogP contribution < -0.4 is 5.32 Å². The van der Waals surface area contributed by atoms with Gasteiger partial charge in [-0.1, -0.05) is 23.7 Å². The number of carbonyl (C=O) groups is 2. The van der Waals surface area contributed by atoms with E-state index >= 15 is 0 Å². The number of nitrogens with one attached hydrogen (secondary N) is 1. The summed E-state index contributed by atoms with van der Waals surface area (Å²) in [5, 5.41) is 3.67. The van der Waals surface area contributed by atoms with Crippen LogP contribution in [0.25, 0.3) is 0 Å². The van der Waals surface area contributed by atoms with E-state index in [2.05, 4.69) is 5.32 Å². The number of halogens is 2. The predicted molar refractivity (Wildman–Crippen MR) is 98.6 cm³/mol. The van der Waals surface area contributed by atoms with Crippen LogP contribution in [0.15, 0.2) is 48.5 Å². The summed E-state index contributed by atoms with van der Waals surface area (Å²) in [5.74, 6) is -0.491. The summed E-state index contributed by atoms with van der Waals surface area (Å²) >= 11 is 5.84. The lowest BCUT2D eigenvalue weighted by molar-refractivity contribution is -0.121. The number of nitrogens with zero attached hydrogens (tertiary/aromatic N) is 1. The molecule has 136 valence electrons. The highest BCUT2D eigenvalue weighted by molar-refractivity contribution is 6.30. The molecule has 2 aromatic rings. The number of amides is 2. The Balaban J connectivity index is 1.47. The van der Waals surface area contributed by atoms with Crippen LogP contribution in [0.2, 0.25) is 5.02 Å². The molecule has 0 bridgehead atoms. The molecular formula is C20H20ClFN2O2. The molecule has 3 rings (SSSR count). The van der Waals surface area contributed by atoms with Gasteiger partial charge < -0.3 is 10.2 Å². The predicted octanol–water partition coefficient (Wildman–Crippen LogP) is 3.44. The summed E-state index contributed by atoms with van der Waals surface area (Å²) in [6.07, 6.45) is 1.73. The second kappa shape index (κ2) is 8.32. The van der Waals surface area contributed by atoms with Crippen molar-refractivity contribution in [3.63, 3.8) is 0 Å². The Hall–Kier alpha value is -2.40. The molecule has 0 unspecified atom stereocenters. The van der Waals surface area contributed by atoms with E-state index in [0.29, 0.717) is 42.9 Å². The quantitative estimate of drug-likeness (QED) is 0.891. The van der Waals surface area contributed by atoms with Crippen LogP contribution in [0.4, 0.5) is 4.39 Å². The van der Waals surface area contributed by atoms with Gasteiger partial charge in [0.15, 0.2) is 0 Å². The zero-order valence-electron chi connectivity index (χ0n) is 14.3. The first kappa shape index (κ1) is 18.4. The van der Waals surface area contributed by atoms with Crippen LogP contribution in [0, 0.1) is 5.82 Å². The van der Waals surface area contributed by atoms with Crippen molar-refractivity contribution in [2.24, 2.45) is 0 Å². The normalized spacial score (nSPS) is 14.9. The molecule has 2 amide bonds. The molecule has 4 nitrogen and oxygen atoms in total. The molecule has 1 saturated heterocycles. The Morgan fingerprint density at radius 1 is 1.04 bits per heavy atom. The van der Waals surface area contributed by atoms with Crippen molar-refractivity contribution in [1.29, 1.82) is 0 Å². The topological polar surface area (TPSA) is 49.4 Å². The van der Waals surface area contributed by atoms with Crippen molar-refractivity contribution < 1.29 is 14.0 Å². The van der Waals surface area contributed by atoms with Crippen molar-refractivity contribution in [2.45, 2.75) is 25.3 Å². The smallest absolute Gasteiger partial charge is 0.253 e. The molecule has 1 heterocycles. The molecular weight excluding hydrogens is 355 g/mol. The van der Waals surface area contributed by atoms with Crippen molar-refractivity contribution in [3.8, 4) is 0 Å². The van der Waals surface area contributed by atoms with E-state index < -0.39 is 0 Å². The highest BCUT2D eigenvalue weighted by atomic mass is 35.5. The first-order valence-electron chi connectivity index (χ1n) is 8.60. The van der Waals surface area contributed by atoms with Crippen LogP contribution in [-0.2, 0) is 11.2 Å². The second-order valence-electron chi connectivity index (χ2n) is 6.44. The lowest BCUT2D eigenvalue weighted by Gasteiger charge is -2.32. The number of benzene rings is 2. The van der Waals surface area contributed by atoms with Gasteiger partial charge in [0.2, 0.25) is 5.91 Å². The first-order chi connectivity index (χ1) is 12.5. The van der Waals surface area contributed by atoms with E-state index in [1.165, 1.54) is 24.3 Å². The lowest BCUT2D eigenvalue weighted by Crippen LogP contribution is -2.46. The molecule has 6 heteroatoms. The monoisotopic (exact) mass is 374 g/mol. The van der Waals surface area contributed by atoms with Crippen molar-refractivity contribution in [1.82, 2.24) is 10.2 Å². The van der Waals surface area contributed by atoms with Crippen LogP contribution in [0.5, 0.6) is 0 Å². The number of hydrogen-bond acceptors (Lipinski definition) is 2. The second-order valence-corrected chi connectivity index (χ2v) is 6.88. The molecule has 0 aliphatic carbocycles. The maximum Gasteiger partial charge on any atom is 0.253 e. The van der Waals surface area contributed by atoms with E-state index in [4.69, 9.17) is 11.6 Å². The van der Waals surface area contributed by atoms with Gasteiger partial charge in [0.25, 0.3) is 5.91 Å². The molecule has 0 radical (unpaired) electrons. The minimum atomic E-state index is -0.358. The van der Waals surface area contributed by atoms with Gasteiger partial charge in [-0.05, 0) is 54.8 Å². The maximum absolute atomic E-state index is 13.0. The third-order valence-electron chi connectivity index (χ3n) is 4.52. The summed E-state index contributed by atoms with van der Waals surface area (Å²) in [5.41, 5.74) is 1.40. The van der Waals surface area contributed by atoms with Crippen LogP contribution in [-0.4, -0.2) is 35.8 Å². The van der Waals surface area contributed by atoms with Gasteiger partial charge in [0.1, 0.15) is 5.82 Å². The van der Waals surface area contributed by atoms with Gasteiger partial charge in [-0.3, -0.25) is 9.59 Å². The Morgan fingerprint density at radius 3 is 2.27 bits per heavy atom. The fraction of sp³-hybridized carbons (Fsp3) is 0.300. The van der Waals surface area contributed by atoms with Crippen molar-refractivity contribution in [3.05, 3.63) is 70.5 Å². The van der Waals surface area contributed by atoms with Gasteiger partial charge in [0, 0.05) is 29.7 Å². The molecule has 1 aliphatic heterocycles. The highest BCUT2D eigenvalue weighted by Crippen LogP contribution is 2.15. The highest BCUT2D eigenvalue weighted by Gasteiger charge is 2.24. The van der Waals surface area contributed by atoms with Crippen LogP contribution in [0.1, 0.15) is 28.8 Å². The maximum atomic E-state index is 13.0. The number of likely N-dealkylation sites (tertiary alicyclic amines) is 1. The van der Waals surface area contributed by atoms with Gasteiger partial charge in [-0.25, -0.2) is 4.39 Å². The van der Waals surface area contributed by atoms with Gasteiger partial charge in [0.05, 0.1) is 6.42 Å². The van der Waals surface area contributed by atoms with Crippen LogP contribution >= 0.6 is 11.6 Å². The van der Waals surface area contributed by atoms with Crippen molar-refractivity contribution in [2.75, 3.05) is 13.1 Å². The minimum Gasteiger partial charge on any atom is -0.353 e. The summed E-state index contributed by atoms with van der Waals surface area (Å²) < 4.78 is 13.0. The summed E-state index contributed by atoms with van der Waals surface area (Å²) in [6, 6.07) is 12.8. The van der Waals surface area contributed by atoms with E-state index in [1.54, 1.807) is 17.0 Å². The number of piperidine rings is 1. The number of carbonyl (C=O) groups excluding carboxylic acids is 2. The van der Waals surface area contributed by atoms with Crippen LogP contribution in [0.3, 0.4) is 0 Å². The molecule has 2 aromatic carbocycles. The standard InChI is InChI=1S/C20H20ClFN2O2/c21-16-5-1-14(2-6-16)13-19(25)23-18-9-11-24(12-10-18)20(26)15-3-7-17(22)8-4-15/h1-8,18H,9-13H2,(H,23,25). The Bertz CT molecular complexity index is 769. The summed E-state index contributed by atoms with van der Waals surface area (Å²) in [6.45, 7) is 1.14. The Kier molecular flexibility index (Phi) is 5.89. The first-order valence-corrected chi connectivity index (χ1v) is 8.98. The van der Waals surface area contributed by atoms with E-state index in [0.717, 1.165) is 5.56 Å². The van der Waals surface area contributed by atoms with Gasteiger partial charge >= 0.3 is 0 Å². The zero-order valence-corrected chi connectivity index (χ0v) is 15.0. The average Bonchev–Trinajstić information content (AvgIpc) is 2.64. The molecule has 0 aromatic heterocycles. The Labute approximate surface area is 157 Å². The Morgan fingerprint density at radius 2 is 1.65 bits per heavy atom. The van der Waals surface area contributed by atoms with E-state index in [-0.39, 0.29) is 23.7 Å². The minimum absolute atomic E-state index is 0.0318. The van der Waals surface area contributed by atoms with Crippen molar-refractivity contribution >= 4 is 23.4 Å². The molecule has 0 spiro atoms. The molecule has 1 fully saturated rings.